The lowest BCUT2D eigenvalue weighted by molar-refractivity contribution is -0.117. The molecule has 0 bridgehead atoms. The van der Waals surface area contributed by atoms with E-state index in [-0.39, 0.29) is 0 Å². The van der Waals surface area contributed by atoms with Gasteiger partial charge in [-0.2, -0.15) is 8.78 Å². The summed E-state index contributed by atoms with van der Waals surface area (Å²) in [5, 5.41) is 9.98. The molecule has 106 valence electrons. The number of carboxylic acid groups (broad SMARTS) is 1. The van der Waals surface area contributed by atoms with Gasteiger partial charge in [-0.3, -0.25) is 0 Å². The lowest BCUT2D eigenvalue weighted by Crippen LogP contribution is -2.35. The Labute approximate surface area is 102 Å². The fourth-order valence-corrected chi connectivity index (χ4v) is 1.15. The molecule has 0 aliphatic rings. The number of rotatable bonds is 5. The number of nitrogens with one attached hydrogen (secondary N) is 1. The Morgan fingerprint density at radius 2 is 1.74 bits per heavy atom. The van der Waals surface area contributed by atoms with E-state index in [1.54, 1.807) is 0 Å². The number of carboxylic acids is 1. The average Bonchev–Trinajstić information content (AvgIpc) is 2.27. The van der Waals surface area contributed by atoms with Gasteiger partial charge in [0.1, 0.15) is 17.3 Å². The average molecular weight is 287 g/mol. The molecule has 1 rings (SSSR count). The van der Waals surface area contributed by atoms with Crippen LogP contribution in [0.15, 0.2) is 12.1 Å². The van der Waals surface area contributed by atoms with Crippen LogP contribution in [-0.4, -0.2) is 30.0 Å². The molecule has 0 spiro atoms. The minimum Gasteiger partial charge on any atom is -0.478 e. The number of aromatic carboxylic acids is 1. The normalized spacial score (nSPS) is 11.7. The van der Waals surface area contributed by atoms with Crippen LogP contribution >= 0.6 is 0 Å². The van der Waals surface area contributed by atoms with Gasteiger partial charge in [0.15, 0.2) is 0 Å². The van der Waals surface area contributed by atoms with E-state index in [2.05, 4.69) is 0 Å². The third kappa shape index (κ3) is 3.52. The van der Waals surface area contributed by atoms with E-state index in [9.17, 15) is 31.1 Å². The molecule has 0 atom stereocenters. The molecule has 0 aliphatic carbocycles. The van der Waals surface area contributed by atoms with Crippen molar-refractivity contribution in [2.24, 2.45) is 0 Å². The first-order valence-corrected chi connectivity index (χ1v) is 4.77. The maximum atomic E-state index is 13.2. The third-order valence-electron chi connectivity index (χ3n) is 2.11. The Bertz CT molecular complexity index is 468. The van der Waals surface area contributed by atoms with Crippen molar-refractivity contribution in [3.05, 3.63) is 29.3 Å². The first-order valence-electron chi connectivity index (χ1n) is 4.77. The second-order valence-electron chi connectivity index (χ2n) is 3.54. The maximum Gasteiger partial charge on any atom is 0.335 e. The fourth-order valence-electron chi connectivity index (χ4n) is 1.15. The van der Waals surface area contributed by atoms with Crippen molar-refractivity contribution in [3.8, 4) is 0 Å². The van der Waals surface area contributed by atoms with Gasteiger partial charge in [0.2, 0.25) is 0 Å². The Balaban J connectivity index is 2.94. The van der Waals surface area contributed by atoms with Crippen LogP contribution in [0.4, 0.5) is 32.0 Å². The van der Waals surface area contributed by atoms with Gasteiger partial charge in [-0.1, -0.05) is 0 Å². The van der Waals surface area contributed by atoms with Crippen LogP contribution < -0.4 is 5.32 Å². The van der Waals surface area contributed by atoms with E-state index in [4.69, 9.17) is 5.11 Å². The molecule has 2 N–H and O–H groups in total. The minimum atomic E-state index is -4.47. The summed E-state index contributed by atoms with van der Waals surface area (Å²) in [6, 6.07) is 0.766. The molecule has 0 fully saturated rings. The predicted octanol–water partition coefficient (Wildman–Crippen LogP) is 2.98. The van der Waals surface area contributed by atoms with Gasteiger partial charge in [-0.05, 0) is 12.1 Å². The van der Waals surface area contributed by atoms with E-state index in [1.165, 1.54) is 5.32 Å². The summed E-state index contributed by atoms with van der Waals surface area (Å²) in [6.07, 6.45) is -4.00. The highest BCUT2D eigenvalue weighted by Gasteiger charge is 2.40. The number of benzene rings is 1. The van der Waals surface area contributed by atoms with Gasteiger partial charge < -0.3 is 10.4 Å². The third-order valence-corrected chi connectivity index (χ3v) is 2.11. The van der Waals surface area contributed by atoms with Crippen molar-refractivity contribution in [2.75, 3.05) is 11.9 Å². The smallest absolute Gasteiger partial charge is 0.335 e. The highest BCUT2D eigenvalue weighted by Crippen LogP contribution is 2.26. The van der Waals surface area contributed by atoms with E-state index in [0.29, 0.717) is 12.1 Å². The Kier molecular flexibility index (Phi) is 4.28. The molecule has 0 aromatic heterocycles. The van der Waals surface area contributed by atoms with Crippen molar-refractivity contribution in [1.82, 2.24) is 0 Å². The number of hydrogen-bond acceptors (Lipinski definition) is 2. The molecule has 1 aromatic carbocycles. The first kappa shape index (κ1) is 15.1. The summed E-state index contributed by atoms with van der Waals surface area (Å²) in [5.74, 6) is -9.03. The molecule has 0 aliphatic heterocycles. The second-order valence-corrected chi connectivity index (χ2v) is 3.54. The Morgan fingerprint density at radius 1 is 1.26 bits per heavy atom. The summed E-state index contributed by atoms with van der Waals surface area (Å²) in [7, 11) is 0. The lowest BCUT2D eigenvalue weighted by atomic mass is 10.2. The second kappa shape index (κ2) is 5.37. The van der Waals surface area contributed by atoms with E-state index >= 15 is 0 Å². The zero-order valence-corrected chi connectivity index (χ0v) is 9.06. The number of hydrogen-bond donors (Lipinski definition) is 2. The van der Waals surface area contributed by atoms with E-state index < -0.39 is 47.7 Å². The number of carbonyl (C=O) groups is 1. The van der Waals surface area contributed by atoms with Crippen molar-refractivity contribution in [1.29, 1.82) is 0 Å². The summed E-state index contributed by atoms with van der Waals surface area (Å²) < 4.78 is 75.3. The van der Waals surface area contributed by atoms with Crippen LogP contribution in [0, 0.1) is 11.6 Å². The molecule has 9 heteroatoms. The molecule has 1 aromatic rings. The van der Waals surface area contributed by atoms with Crippen LogP contribution in [0.25, 0.3) is 0 Å². The summed E-state index contributed by atoms with van der Waals surface area (Å²) >= 11 is 0. The highest BCUT2D eigenvalue weighted by molar-refractivity contribution is 5.88. The molecule has 0 unspecified atom stereocenters. The molecule has 0 radical (unpaired) electrons. The van der Waals surface area contributed by atoms with Crippen LogP contribution in [0.1, 0.15) is 10.4 Å². The van der Waals surface area contributed by atoms with Gasteiger partial charge >= 0.3 is 18.3 Å². The number of halogens is 6. The van der Waals surface area contributed by atoms with Crippen molar-refractivity contribution in [2.45, 2.75) is 12.3 Å². The van der Waals surface area contributed by atoms with Gasteiger partial charge in [-0.15, -0.1) is 0 Å². The van der Waals surface area contributed by atoms with Gasteiger partial charge in [0.25, 0.3) is 0 Å². The summed E-state index contributed by atoms with van der Waals surface area (Å²) in [5.41, 5.74) is -1.83. The molecule has 19 heavy (non-hydrogen) atoms. The molecule has 0 saturated heterocycles. The quantitative estimate of drug-likeness (QED) is 0.818. The lowest BCUT2D eigenvalue weighted by Gasteiger charge is -2.17. The molecular weight excluding hydrogens is 280 g/mol. The standard InChI is InChI=1S/C10H7F6NO2/c11-5-1-4(8(18)19)2-6(12)7(5)17-3-10(15,16)9(13)14/h1-2,9,17H,3H2,(H,18,19). The summed E-state index contributed by atoms with van der Waals surface area (Å²) in [4.78, 5) is 10.5. The van der Waals surface area contributed by atoms with Crippen molar-refractivity contribution in [3.63, 3.8) is 0 Å². The minimum absolute atomic E-state index is 0.383. The molecular formula is C10H7F6NO2. The fraction of sp³-hybridized carbons (Fsp3) is 0.300. The van der Waals surface area contributed by atoms with Crippen LogP contribution in [-0.2, 0) is 0 Å². The van der Waals surface area contributed by atoms with Crippen LogP contribution in [0.3, 0.4) is 0 Å². The molecule has 0 saturated carbocycles. The number of alkyl halides is 4. The SMILES string of the molecule is O=C(O)c1cc(F)c(NCC(F)(F)C(F)F)c(F)c1. The van der Waals surface area contributed by atoms with Crippen LogP contribution in [0.2, 0.25) is 0 Å². The number of anilines is 1. The molecule has 0 heterocycles. The van der Waals surface area contributed by atoms with Crippen molar-refractivity contribution >= 4 is 11.7 Å². The van der Waals surface area contributed by atoms with Crippen LogP contribution in [0.5, 0.6) is 0 Å². The molecule has 0 amide bonds. The summed E-state index contributed by atoms with van der Waals surface area (Å²) in [6.45, 7) is -1.69. The monoisotopic (exact) mass is 287 g/mol. The Morgan fingerprint density at radius 3 is 2.11 bits per heavy atom. The van der Waals surface area contributed by atoms with E-state index in [1.807, 2.05) is 0 Å². The van der Waals surface area contributed by atoms with Gasteiger partial charge in [0.05, 0.1) is 12.1 Å². The topological polar surface area (TPSA) is 49.3 Å². The predicted molar refractivity (Wildman–Crippen MR) is 52.8 cm³/mol. The van der Waals surface area contributed by atoms with Crippen molar-refractivity contribution < 1.29 is 36.2 Å². The maximum absolute atomic E-state index is 13.2. The van der Waals surface area contributed by atoms with Gasteiger partial charge in [-0.25, -0.2) is 22.4 Å². The Hall–Kier alpha value is -1.93. The zero-order valence-electron chi connectivity index (χ0n) is 9.06. The first-order chi connectivity index (χ1) is 8.65. The zero-order chi connectivity index (χ0) is 14.8. The largest absolute Gasteiger partial charge is 0.478 e. The van der Waals surface area contributed by atoms with Gasteiger partial charge in [0, 0.05) is 0 Å². The molecule has 3 nitrogen and oxygen atoms in total. The van der Waals surface area contributed by atoms with E-state index in [0.717, 1.165) is 0 Å². The highest BCUT2D eigenvalue weighted by atomic mass is 19.3.